The van der Waals surface area contributed by atoms with Gasteiger partial charge in [0.15, 0.2) is 0 Å². The fraction of sp³-hybridized carbons (Fsp3) is 0.294. The first kappa shape index (κ1) is 16.1. The van der Waals surface area contributed by atoms with Crippen LogP contribution < -0.4 is 13.9 Å². The largest absolute Gasteiger partial charge is 0.320 e. The molecule has 3 rings (SSSR count). The molecule has 0 saturated carbocycles. The first-order chi connectivity index (χ1) is 11.1. The summed E-state index contributed by atoms with van der Waals surface area (Å²) < 4.78 is 25.4. The maximum atomic E-state index is 11.0. The minimum atomic E-state index is -3.10. The lowest BCUT2D eigenvalue weighted by Crippen LogP contribution is -2.33. The Bertz CT molecular complexity index is 693. The molecule has 0 fully saturated rings. The number of benzene rings is 2. The minimum Gasteiger partial charge on any atom is -0.320 e. The third-order valence-corrected chi connectivity index (χ3v) is 5.89. The van der Waals surface area contributed by atoms with E-state index in [4.69, 9.17) is 0 Å². The molecular formula is C17H23N3O2S. The molecule has 2 aromatic carbocycles. The minimum absolute atomic E-state index is 0.586. The molecule has 0 aliphatic carbocycles. The average molecular weight is 333 g/mol. The average Bonchev–Trinajstić information content (AvgIpc) is 2.76. The molecule has 23 heavy (non-hydrogen) atoms. The van der Waals surface area contributed by atoms with E-state index in [0.717, 1.165) is 35.6 Å². The Morgan fingerprint density at radius 3 is 2.22 bits per heavy atom. The van der Waals surface area contributed by atoms with Crippen molar-refractivity contribution < 1.29 is 9.11 Å². The van der Waals surface area contributed by atoms with Crippen molar-refractivity contribution in [3.8, 4) is 0 Å². The summed E-state index contributed by atoms with van der Waals surface area (Å²) in [6, 6.07) is 15.5. The number of fused-ring (bicyclic) bond motifs is 1. The SMILES string of the molecule is CNCCCN1c2ccccc2N(c2ccccc2C)S1(O)O. The lowest BCUT2D eigenvalue weighted by Gasteiger charge is -2.44. The first-order valence-electron chi connectivity index (χ1n) is 7.73. The summed E-state index contributed by atoms with van der Waals surface area (Å²) in [5, 5.41) is 3.10. The lowest BCUT2D eigenvalue weighted by molar-refractivity contribution is 0.483. The van der Waals surface area contributed by atoms with Crippen molar-refractivity contribution in [3.63, 3.8) is 0 Å². The highest BCUT2D eigenvalue weighted by molar-refractivity contribution is 8.27. The predicted octanol–water partition coefficient (Wildman–Crippen LogP) is 4.14. The summed E-state index contributed by atoms with van der Waals surface area (Å²) in [7, 11) is -1.21. The first-order valence-corrected chi connectivity index (χ1v) is 9.19. The van der Waals surface area contributed by atoms with E-state index in [1.807, 2.05) is 62.5 Å². The van der Waals surface area contributed by atoms with Crippen molar-refractivity contribution in [3.05, 3.63) is 54.1 Å². The van der Waals surface area contributed by atoms with Gasteiger partial charge in [0.25, 0.3) is 0 Å². The van der Waals surface area contributed by atoms with Gasteiger partial charge in [0.05, 0.1) is 17.1 Å². The van der Waals surface area contributed by atoms with Crippen LogP contribution in [0.4, 0.5) is 17.1 Å². The van der Waals surface area contributed by atoms with Crippen LogP contribution in [0.5, 0.6) is 0 Å². The van der Waals surface area contributed by atoms with Gasteiger partial charge in [-0.1, -0.05) is 30.3 Å². The second-order valence-corrected chi connectivity index (χ2v) is 7.40. The summed E-state index contributed by atoms with van der Waals surface area (Å²) in [5.74, 6) is 0. The van der Waals surface area contributed by atoms with Crippen LogP contribution in [0.2, 0.25) is 0 Å². The van der Waals surface area contributed by atoms with E-state index in [1.165, 1.54) is 0 Å². The van der Waals surface area contributed by atoms with Crippen molar-refractivity contribution in [2.45, 2.75) is 13.3 Å². The lowest BCUT2D eigenvalue weighted by atomic mass is 10.2. The number of rotatable bonds is 5. The molecule has 0 amide bonds. The van der Waals surface area contributed by atoms with E-state index in [1.54, 1.807) is 8.61 Å². The highest BCUT2D eigenvalue weighted by Crippen LogP contribution is 2.64. The molecule has 3 N–H and O–H groups in total. The molecule has 2 aromatic rings. The number of nitrogens with one attached hydrogen (secondary N) is 1. The molecule has 1 heterocycles. The maximum absolute atomic E-state index is 11.0. The molecule has 0 aromatic heterocycles. The zero-order chi connectivity index (χ0) is 16.4. The van der Waals surface area contributed by atoms with Crippen molar-refractivity contribution in [1.82, 2.24) is 5.32 Å². The Balaban J connectivity index is 2.05. The number of aryl methyl sites for hydroxylation is 1. The Morgan fingerprint density at radius 2 is 1.57 bits per heavy atom. The van der Waals surface area contributed by atoms with Crippen molar-refractivity contribution in [2.75, 3.05) is 28.7 Å². The summed E-state index contributed by atoms with van der Waals surface area (Å²) in [6.07, 6.45) is 0.836. The van der Waals surface area contributed by atoms with Gasteiger partial charge in [0, 0.05) is 6.54 Å². The Kier molecular flexibility index (Phi) is 4.50. The van der Waals surface area contributed by atoms with Crippen LogP contribution >= 0.6 is 11.0 Å². The van der Waals surface area contributed by atoms with Crippen molar-refractivity contribution in [1.29, 1.82) is 0 Å². The third kappa shape index (κ3) is 2.79. The van der Waals surface area contributed by atoms with Gasteiger partial charge >= 0.3 is 0 Å². The molecule has 0 atom stereocenters. The normalized spacial score (nSPS) is 17.2. The Hall–Kier alpha value is -1.73. The van der Waals surface area contributed by atoms with Crippen LogP contribution in [-0.2, 0) is 0 Å². The zero-order valence-electron chi connectivity index (χ0n) is 13.4. The smallest absolute Gasteiger partial charge is 0.0896 e. The molecule has 0 spiro atoms. The molecule has 6 heteroatoms. The van der Waals surface area contributed by atoms with E-state index in [2.05, 4.69) is 5.32 Å². The molecule has 1 aliphatic rings. The monoisotopic (exact) mass is 333 g/mol. The fourth-order valence-electron chi connectivity index (χ4n) is 2.90. The second kappa shape index (κ2) is 6.41. The number of nitrogens with zero attached hydrogens (tertiary/aromatic N) is 2. The highest BCUT2D eigenvalue weighted by atomic mass is 32.3. The topological polar surface area (TPSA) is 59.0 Å². The van der Waals surface area contributed by atoms with Gasteiger partial charge in [0.2, 0.25) is 0 Å². The van der Waals surface area contributed by atoms with Crippen molar-refractivity contribution >= 4 is 28.0 Å². The number of anilines is 3. The van der Waals surface area contributed by atoms with Gasteiger partial charge in [-0.15, -0.1) is 0 Å². The van der Waals surface area contributed by atoms with Gasteiger partial charge in [-0.2, -0.15) is 0 Å². The maximum Gasteiger partial charge on any atom is 0.0896 e. The molecule has 0 saturated heterocycles. The van der Waals surface area contributed by atoms with E-state index in [9.17, 15) is 9.11 Å². The Labute approximate surface area is 139 Å². The number of hydrogen-bond acceptors (Lipinski definition) is 5. The molecule has 1 aliphatic heterocycles. The van der Waals surface area contributed by atoms with Gasteiger partial charge < -0.3 is 5.32 Å². The molecule has 124 valence electrons. The fourth-order valence-corrected chi connectivity index (χ4v) is 4.78. The highest BCUT2D eigenvalue weighted by Gasteiger charge is 2.41. The molecule has 0 bridgehead atoms. The molecule has 0 radical (unpaired) electrons. The third-order valence-electron chi connectivity index (χ3n) is 4.03. The summed E-state index contributed by atoms with van der Waals surface area (Å²) in [4.78, 5) is 0. The van der Waals surface area contributed by atoms with Crippen molar-refractivity contribution in [2.24, 2.45) is 0 Å². The standard InChI is InChI=1S/C17H23N3O2S/c1-14-8-3-4-9-15(14)20-17-11-6-5-10-16(17)19(23(20,21)22)13-7-12-18-2/h3-6,8-11,18,21-22H,7,12-13H2,1-2H3. The van der Waals surface area contributed by atoms with E-state index in [0.29, 0.717) is 6.54 Å². The van der Waals surface area contributed by atoms with Crippen LogP contribution in [0, 0.1) is 6.92 Å². The Morgan fingerprint density at radius 1 is 0.957 bits per heavy atom. The van der Waals surface area contributed by atoms with E-state index >= 15 is 0 Å². The number of para-hydroxylation sites is 3. The van der Waals surface area contributed by atoms with E-state index < -0.39 is 11.0 Å². The number of hydrogen-bond donors (Lipinski definition) is 3. The van der Waals surface area contributed by atoms with Crippen LogP contribution in [0.25, 0.3) is 0 Å². The molecule has 5 nitrogen and oxygen atoms in total. The van der Waals surface area contributed by atoms with Crippen LogP contribution in [0.1, 0.15) is 12.0 Å². The summed E-state index contributed by atoms with van der Waals surface area (Å²) >= 11 is 0. The zero-order valence-corrected chi connectivity index (χ0v) is 14.3. The molecular weight excluding hydrogens is 310 g/mol. The summed E-state index contributed by atoms with van der Waals surface area (Å²) in [5.41, 5.74) is 3.55. The van der Waals surface area contributed by atoms with Crippen LogP contribution in [0.3, 0.4) is 0 Å². The predicted molar refractivity (Wildman–Crippen MR) is 98.5 cm³/mol. The van der Waals surface area contributed by atoms with Crippen LogP contribution in [-0.4, -0.2) is 29.2 Å². The van der Waals surface area contributed by atoms with E-state index in [-0.39, 0.29) is 0 Å². The van der Waals surface area contributed by atoms with Crippen LogP contribution in [0.15, 0.2) is 48.5 Å². The van der Waals surface area contributed by atoms with Gasteiger partial charge in [0.1, 0.15) is 0 Å². The van der Waals surface area contributed by atoms with Gasteiger partial charge in [-0.3, -0.25) is 13.4 Å². The van der Waals surface area contributed by atoms with Gasteiger partial charge in [-0.25, -0.2) is 4.31 Å². The second-order valence-electron chi connectivity index (χ2n) is 5.62. The summed E-state index contributed by atoms with van der Waals surface area (Å²) in [6.45, 7) is 3.40. The molecule has 0 unspecified atom stereocenters. The quantitative estimate of drug-likeness (QED) is 0.718. The van der Waals surface area contributed by atoms with Gasteiger partial charge in [-0.05, 0) is 61.7 Å².